The molecule has 1 aromatic rings. The highest BCUT2D eigenvalue weighted by Crippen LogP contribution is 2.40. The number of rotatable bonds is 9. The lowest BCUT2D eigenvalue weighted by molar-refractivity contribution is -0.269. The minimum atomic E-state index is -5.09. The molecule has 0 bridgehead atoms. The van der Waals surface area contributed by atoms with Gasteiger partial charge in [0.1, 0.15) is 11.6 Å². The summed E-state index contributed by atoms with van der Waals surface area (Å²) in [4.78, 5) is 30.0. The van der Waals surface area contributed by atoms with Gasteiger partial charge in [0.05, 0.1) is 11.9 Å². The largest absolute Gasteiger partial charge is 0.480 e. The molecule has 0 spiro atoms. The highest BCUT2D eigenvalue weighted by molar-refractivity contribution is 7.84. The predicted molar refractivity (Wildman–Crippen MR) is 99.9 cm³/mol. The first-order valence-electron chi connectivity index (χ1n) is 8.78. The van der Waals surface area contributed by atoms with Gasteiger partial charge in [-0.25, -0.2) is 9.59 Å². The number of nitrogens with zero attached hydrogens (tertiary/aromatic N) is 2. The smallest absolute Gasteiger partial charge is 0.423 e. The summed E-state index contributed by atoms with van der Waals surface area (Å²) >= 11 is 0. The van der Waals surface area contributed by atoms with E-state index < -0.39 is 64.1 Å². The zero-order chi connectivity index (χ0) is 23.2. The molecule has 13 heteroatoms. The van der Waals surface area contributed by atoms with E-state index in [1.807, 2.05) is 0 Å². The van der Waals surface area contributed by atoms with Crippen molar-refractivity contribution in [3.05, 3.63) is 24.3 Å². The van der Waals surface area contributed by atoms with E-state index in [2.05, 4.69) is 15.3 Å². The Labute approximate surface area is 173 Å². The number of aliphatic carboxylic acids is 1. The number of hydrogen-bond donors (Lipinski definition) is 3. The van der Waals surface area contributed by atoms with Crippen LogP contribution in [0.3, 0.4) is 0 Å². The fraction of sp³-hybridized carbons (Fsp3) is 0.647. The van der Waals surface area contributed by atoms with Crippen LogP contribution < -0.4 is 5.32 Å². The summed E-state index contributed by atoms with van der Waals surface area (Å²) in [6.45, 7) is 4.74. The molecular weight excluding hydrogens is 431 g/mol. The molecule has 30 heavy (non-hydrogen) atoms. The zero-order valence-electron chi connectivity index (χ0n) is 16.6. The molecule has 0 aromatic carbocycles. The summed E-state index contributed by atoms with van der Waals surface area (Å²) in [5.74, 6) is -2.31. The van der Waals surface area contributed by atoms with E-state index in [9.17, 15) is 37.2 Å². The van der Waals surface area contributed by atoms with Crippen LogP contribution in [-0.2, 0) is 25.9 Å². The summed E-state index contributed by atoms with van der Waals surface area (Å²) in [6.07, 6.45) is -4.45. The number of hydrogen-bond acceptors (Lipinski definition) is 7. The molecule has 3 atom stereocenters. The van der Waals surface area contributed by atoms with Crippen LogP contribution in [0.1, 0.15) is 39.3 Å². The third kappa shape index (κ3) is 7.86. The van der Waals surface area contributed by atoms with Crippen molar-refractivity contribution < 1.29 is 41.9 Å². The maximum Gasteiger partial charge on any atom is 0.423 e. The van der Waals surface area contributed by atoms with Crippen LogP contribution >= 0.6 is 0 Å². The van der Waals surface area contributed by atoms with Gasteiger partial charge >= 0.3 is 18.2 Å². The van der Waals surface area contributed by atoms with E-state index in [4.69, 9.17) is 4.74 Å². The Morgan fingerprint density at radius 2 is 1.87 bits per heavy atom. The van der Waals surface area contributed by atoms with Gasteiger partial charge in [0.25, 0.3) is 0 Å². The van der Waals surface area contributed by atoms with Crippen LogP contribution in [0.2, 0.25) is 0 Å². The molecular formula is C17H24F3N3O6S. The predicted octanol–water partition coefficient (Wildman–Crippen LogP) is 1.73. The molecule has 170 valence electrons. The molecule has 3 unspecified atom stereocenters. The number of carbonyl (C=O) groups is 2. The Kier molecular flexibility index (Phi) is 8.72. The topological polar surface area (TPSA) is 139 Å². The molecule has 0 saturated heterocycles. The van der Waals surface area contributed by atoms with Gasteiger partial charge in [-0.1, -0.05) is 0 Å². The van der Waals surface area contributed by atoms with Crippen LogP contribution in [0.25, 0.3) is 0 Å². The standard InChI is InChI=1S/C17H24F3N3O6S/c1-15(2,3)29-14(26)23-11(13(24)25)4-8-30(28)9-5-16(27,17(18,19)20)12-10-21-6-7-22-12/h6-7,10-11,27H,4-5,8-9H2,1-3H3,(H,23,26)(H,24,25). The molecule has 3 N–H and O–H groups in total. The maximum atomic E-state index is 13.4. The molecule has 1 rings (SSSR count). The van der Waals surface area contributed by atoms with Crippen molar-refractivity contribution in [1.82, 2.24) is 15.3 Å². The summed E-state index contributed by atoms with van der Waals surface area (Å²) < 4.78 is 57.2. The van der Waals surface area contributed by atoms with E-state index in [1.54, 1.807) is 20.8 Å². The van der Waals surface area contributed by atoms with Crippen molar-refractivity contribution in [1.29, 1.82) is 0 Å². The minimum Gasteiger partial charge on any atom is -0.480 e. The number of aromatic nitrogens is 2. The van der Waals surface area contributed by atoms with Crippen molar-refractivity contribution >= 4 is 22.9 Å². The molecule has 0 aliphatic carbocycles. The quantitative estimate of drug-likeness (QED) is 0.512. The van der Waals surface area contributed by atoms with Gasteiger partial charge in [-0.05, 0) is 27.2 Å². The Bertz CT molecular complexity index is 757. The maximum absolute atomic E-state index is 13.4. The second-order valence-electron chi connectivity index (χ2n) is 7.37. The number of halogens is 3. The highest BCUT2D eigenvalue weighted by Gasteiger charge is 2.56. The second-order valence-corrected chi connectivity index (χ2v) is 9.07. The molecule has 0 aliphatic heterocycles. The van der Waals surface area contributed by atoms with E-state index >= 15 is 0 Å². The fourth-order valence-corrected chi connectivity index (χ4v) is 3.47. The number of amides is 1. The Morgan fingerprint density at radius 1 is 1.23 bits per heavy atom. The van der Waals surface area contributed by atoms with Gasteiger partial charge < -0.3 is 20.3 Å². The number of carboxylic acids is 1. The number of nitrogens with one attached hydrogen (secondary N) is 1. The molecule has 0 aliphatic rings. The molecule has 1 aromatic heterocycles. The number of aliphatic hydroxyl groups is 1. The third-order valence-electron chi connectivity index (χ3n) is 3.77. The molecule has 0 fully saturated rings. The van der Waals surface area contributed by atoms with Gasteiger partial charge in [0.2, 0.25) is 5.60 Å². The van der Waals surface area contributed by atoms with Crippen LogP contribution in [0, 0.1) is 0 Å². The van der Waals surface area contributed by atoms with Gasteiger partial charge in [-0.15, -0.1) is 0 Å². The molecule has 9 nitrogen and oxygen atoms in total. The Morgan fingerprint density at radius 3 is 2.33 bits per heavy atom. The zero-order valence-corrected chi connectivity index (χ0v) is 17.4. The van der Waals surface area contributed by atoms with Crippen molar-refractivity contribution in [2.24, 2.45) is 0 Å². The van der Waals surface area contributed by atoms with Gasteiger partial charge in [-0.2, -0.15) is 13.2 Å². The number of carbonyl (C=O) groups excluding carboxylic acids is 1. The molecule has 0 radical (unpaired) electrons. The summed E-state index contributed by atoms with van der Waals surface area (Å²) in [5.41, 5.74) is -4.94. The lowest BCUT2D eigenvalue weighted by Crippen LogP contribution is -2.45. The minimum absolute atomic E-state index is 0.309. The van der Waals surface area contributed by atoms with Crippen molar-refractivity contribution in [3.8, 4) is 0 Å². The molecule has 1 amide bonds. The van der Waals surface area contributed by atoms with Crippen LogP contribution in [0.4, 0.5) is 18.0 Å². The fourth-order valence-electron chi connectivity index (χ4n) is 2.25. The van der Waals surface area contributed by atoms with Crippen LogP contribution in [0.5, 0.6) is 0 Å². The first-order chi connectivity index (χ1) is 13.7. The summed E-state index contributed by atoms with van der Waals surface area (Å²) in [7, 11) is -1.91. The first kappa shape index (κ1) is 25.8. The highest BCUT2D eigenvalue weighted by atomic mass is 32.2. The Balaban J connectivity index is 2.71. The lowest BCUT2D eigenvalue weighted by atomic mass is 9.96. The van der Waals surface area contributed by atoms with Crippen molar-refractivity contribution in [3.63, 3.8) is 0 Å². The SMILES string of the molecule is CC(C)(C)OC(=O)NC(CCS(=O)CCC(O)(c1cnccn1)C(F)(F)F)C(=O)O. The molecule has 1 heterocycles. The van der Waals surface area contributed by atoms with Crippen LogP contribution in [-0.4, -0.2) is 65.8 Å². The van der Waals surface area contributed by atoms with E-state index in [1.165, 1.54) is 0 Å². The first-order valence-corrected chi connectivity index (χ1v) is 10.3. The molecule has 0 saturated carbocycles. The summed E-state index contributed by atoms with van der Waals surface area (Å²) in [5, 5.41) is 21.4. The monoisotopic (exact) mass is 455 g/mol. The van der Waals surface area contributed by atoms with E-state index in [-0.39, 0.29) is 12.2 Å². The lowest BCUT2D eigenvalue weighted by Gasteiger charge is -2.29. The number of ether oxygens (including phenoxy) is 1. The number of alkyl halides is 3. The summed E-state index contributed by atoms with van der Waals surface area (Å²) in [6, 6.07) is -1.44. The van der Waals surface area contributed by atoms with Gasteiger partial charge in [0.15, 0.2) is 0 Å². The normalized spacial score (nSPS) is 16.2. The van der Waals surface area contributed by atoms with Crippen LogP contribution in [0.15, 0.2) is 18.6 Å². The number of carboxylic acid groups (broad SMARTS) is 1. The van der Waals surface area contributed by atoms with Crippen molar-refractivity contribution in [2.45, 2.75) is 57.0 Å². The van der Waals surface area contributed by atoms with Gasteiger partial charge in [0, 0.05) is 41.1 Å². The number of alkyl carbamates (subject to hydrolysis) is 1. The van der Waals surface area contributed by atoms with E-state index in [0.717, 1.165) is 18.6 Å². The third-order valence-corrected chi connectivity index (χ3v) is 5.12. The van der Waals surface area contributed by atoms with E-state index in [0.29, 0.717) is 0 Å². The second kappa shape index (κ2) is 10.2. The average molecular weight is 455 g/mol. The van der Waals surface area contributed by atoms with Gasteiger partial charge in [-0.3, -0.25) is 14.2 Å². The average Bonchev–Trinajstić information content (AvgIpc) is 2.61. The van der Waals surface area contributed by atoms with Crippen molar-refractivity contribution in [2.75, 3.05) is 11.5 Å². The Hall–Kier alpha value is -2.28.